The first-order valence-corrected chi connectivity index (χ1v) is 7.27. The van der Waals surface area contributed by atoms with Crippen molar-refractivity contribution in [2.75, 3.05) is 5.32 Å². The Labute approximate surface area is 120 Å². The molecule has 0 bridgehead atoms. The number of hydrogen-bond acceptors (Lipinski definition) is 3. The van der Waals surface area contributed by atoms with Gasteiger partial charge >= 0.3 is 0 Å². The number of aryl methyl sites for hydroxylation is 1. The number of nitrogens with one attached hydrogen (secondary N) is 1. The Morgan fingerprint density at radius 2 is 2.26 bits per heavy atom. The Kier molecular flexibility index (Phi) is 3.21. The van der Waals surface area contributed by atoms with Crippen molar-refractivity contribution >= 4 is 34.5 Å². The summed E-state index contributed by atoms with van der Waals surface area (Å²) in [6.45, 7) is 0. The molecule has 1 amide bonds. The molecule has 1 unspecified atom stereocenters. The minimum atomic E-state index is -0.408. The second-order valence-electron chi connectivity index (χ2n) is 4.61. The maximum absolute atomic E-state index is 11.2. The van der Waals surface area contributed by atoms with Crippen LogP contribution in [0.25, 0.3) is 0 Å². The molecule has 1 aromatic carbocycles. The molecule has 1 atom stereocenters. The molecule has 2 aromatic rings. The zero-order chi connectivity index (χ0) is 13.4. The van der Waals surface area contributed by atoms with Crippen LogP contribution >= 0.6 is 22.9 Å². The lowest BCUT2D eigenvalue weighted by molar-refractivity contribution is 0.100. The number of amides is 1. The number of anilines is 1. The van der Waals surface area contributed by atoms with Gasteiger partial charge in [0.15, 0.2) is 0 Å². The van der Waals surface area contributed by atoms with Crippen molar-refractivity contribution in [3.05, 3.63) is 50.7 Å². The second kappa shape index (κ2) is 4.87. The lowest BCUT2D eigenvalue weighted by atomic mass is 10.1. The fourth-order valence-electron chi connectivity index (χ4n) is 2.44. The largest absolute Gasteiger partial charge is 0.378 e. The molecule has 1 aliphatic rings. The highest BCUT2D eigenvalue weighted by molar-refractivity contribution is 7.16. The molecule has 0 saturated heterocycles. The van der Waals surface area contributed by atoms with Gasteiger partial charge in [0.25, 0.3) is 0 Å². The molecule has 0 radical (unpaired) electrons. The van der Waals surface area contributed by atoms with Crippen molar-refractivity contribution in [3.63, 3.8) is 0 Å². The van der Waals surface area contributed by atoms with Gasteiger partial charge in [0.05, 0.1) is 10.4 Å². The highest BCUT2D eigenvalue weighted by Crippen LogP contribution is 2.40. The molecule has 5 heteroatoms. The van der Waals surface area contributed by atoms with Crippen molar-refractivity contribution < 1.29 is 4.79 Å². The number of carbonyl (C=O) groups is 1. The first-order chi connectivity index (χ1) is 9.13. The molecule has 1 heterocycles. The van der Waals surface area contributed by atoms with Crippen molar-refractivity contribution in [1.82, 2.24) is 0 Å². The number of fused-ring (bicyclic) bond motifs is 1. The predicted octanol–water partition coefficient (Wildman–Crippen LogP) is 3.60. The van der Waals surface area contributed by atoms with Gasteiger partial charge in [-0.2, -0.15) is 0 Å². The first-order valence-electron chi connectivity index (χ1n) is 6.08. The smallest absolute Gasteiger partial charge is 0.248 e. The SMILES string of the molecule is NC(=O)c1cccc(NC2CCc3sc(Cl)cc32)c1. The number of primary amides is 1. The minimum absolute atomic E-state index is 0.266. The van der Waals surface area contributed by atoms with E-state index in [2.05, 4.69) is 5.32 Å². The van der Waals surface area contributed by atoms with Crippen LogP contribution in [0.2, 0.25) is 4.34 Å². The van der Waals surface area contributed by atoms with Gasteiger partial charge in [0.2, 0.25) is 5.91 Å². The van der Waals surface area contributed by atoms with Crippen molar-refractivity contribution in [2.45, 2.75) is 18.9 Å². The number of thiophene rings is 1. The van der Waals surface area contributed by atoms with E-state index in [1.807, 2.05) is 18.2 Å². The Morgan fingerprint density at radius 1 is 1.42 bits per heavy atom. The highest BCUT2D eigenvalue weighted by atomic mass is 35.5. The Hall–Kier alpha value is -1.52. The van der Waals surface area contributed by atoms with E-state index in [9.17, 15) is 4.79 Å². The van der Waals surface area contributed by atoms with Crippen LogP contribution in [-0.2, 0) is 6.42 Å². The maximum atomic E-state index is 11.2. The molecule has 3 N–H and O–H groups in total. The van der Waals surface area contributed by atoms with Crippen molar-refractivity contribution in [2.24, 2.45) is 5.73 Å². The standard InChI is InChI=1S/C14H13ClN2OS/c15-13-7-10-11(4-5-12(10)19-13)17-9-3-1-2-8(6-9)14(16)18/h1-3,6-7,11,17H,4-5H2,(H2,16,18). The first kappa shape index (κ1) is 12.5. The average Bonchev–Trinajstić information content (AvgIpc) is 2.91. The van der Waals surface area contributed by atoms with Crippen LogP contribution in [0.1, 0.15) is 33.3 Å². The summed E-state index contributed by atoms with van der Waals surface area (Å²) in [4.78, 5) is 12.5. The number of rotatable bonds is 3. The van der Waals surface area contributed by atoms with Gasteiger partial charge in [-0.1, -0.05) is 17.7 Å². The number of carbonyl (C=O) groups excluding carboxylic acids is 1. The number of hydrogen-bond donors (Lipinski definition) is 2. The molecule has 1 aliphatic carbocycles. The third kappa shape index (κ3) is 2.46. The zero-order valence-electron chi connectivity index (χ0n) is 10.2. The molecule has 3 nitrogen and oxygen atoms in total. The van der Waals surface area contributed by atoms with E-state index in [1.54, 1.807) is 23.5 Å². The van der Waals surface area contributed by atoms with E-state index in [4.69, 9.17) is 17.3 Å². The summed E-state index contributed by atoms with van der Waals surface area (Å²) in [7, 11) is 0. The lowest BCUT2D eigenvalue weighted by Crippen LogP contribution is -2.12. The molecule has 0 fully saturated rings. The van der Waals surface area contributed by atoms with Crippen LogP contribution in [0, 0.1) is 0 Å². The number of halogens is 1. The van der Waals surface area contributed by atoms with Crippen molar-refractivity contribution in [3.8, 4) is 0 Å². The number of nitrogens with two attached hydrogens (primary N) is 1. The molecule has 3 rings (SSSR count). The fraction of sp³-hybridized carbons (Fsp3) is 0.214. The van der Waals surface area contributed by atoms with Crippen LogP contribution in [0.4, 0.5) is 5.69 Å². The van der Waals surface area contributed by atoms with Crippen LogP contribution in [0.3, 0.4) is 0 Å². The zero-order valence-corrected chi connectivity index (χ0v) is 11.7. The van der Waals surface area contributed by atoms with Gasteiger partial charge in [-0.25, -0.2) is 0 Å². The Morgan fingerprint density at radius 3 is 3.05 bits per heavy atom. The van der Waals surface area contributed by atoms with Gasteiger partial charge in [-0.15, -0.1) is 11.3 Å². The molecule has 98 valence electrons. The fourth-order valence-corrected chi connectivity index (χ4v) is 3.80. The second-order valence-corrected chi connectivity index (χ2v) is 6.38. The minimum Gasteiger partial charge on any atom is -0.378 e. The van der Waals surface area contributed by atoms with Crippen molar-refractivity contribution in [1.29, 1.82) is 0 Å². The summed E-state index contributed by atoms with van der Waals surface area (Å²) < 4.78 is 0.836. The van der Waals surface area contributed by atoms with Gasteiger partial charge in [-0.05, 0) is 42.7 Å². The summed E-state index contributed by atoms with van der Waals surface area (Å²) in [6.07, 6.45) is 2.11. The Balaban J connectivity index is 1.83. The molecular weight excluding hydrogens is 280 g/mol. The molecule has 19 heavy (non-hydrogen) atoms. The van der Waals surface area contributed by atoms with Crippen LogP contribution in [0.5, 0.6) is 0 Å². The maximum Gasteiger partial charge on any atom is 0.248 e. The average molecular weight is 293 g/mol. The molecular formula is C14H13ClN2OS. The van der Waals surface area contributed by atoms with E-state index in [0.29, 0.717) is 5.56 Å². The van der Waals surface area contributed by atoms with E-state index in [1.165, 1.54) is 10.4 Å². The summed E-state index contributed by atoms with van der Waals surface area (Å²) in [5.74, 6) is -0.408. The lowest BCUT2D eigenvalue weighted by Gasteiger charge is -2.15. The van der Waals surface area contributed by atoms with Gasteiger partial charge in [0, 0.05) is 16.1 Å². The van der Waals surface area contributed by atoms with Crippen LogP contribution < -0.4 is 11.1 Å². The summed E-state index contributed by atoms with van der Waals surface area (Å²) in [6, 6.07) is 9.58. The third-order valence-corrected chi connectivity index (χ3v) is 4.67. The summed E-state index contributed by atoms with van der Waals surface area (Å²) >= 11 is 7.69. The van der Waals surface area contributed by atoms with E-state index < -0.39 is 5.91 Å². The molecule has 0 aliphatic heterocycles. The third-order valence-electron chi connectivity index (χ3n) is 3.34. The highest BCUT2D eigenvalue weighted by Gasteiger charge is 2.24. The normalized spacial score (nSPS) is 17.2. The van der Waals surface area contributed by atoms with Gasteiger partial charge in [0.1, 0.15) is 0 Å². The van der Waals surface area contributed by atoms with E-state index >= 15 is 0 Å². The number of benzene rings is 1. The summed E-state index contributed by atoms with van der Waals surface area (Å²) in [5.41, 5.74) is 8.00. The molecule has 1 aromatic heterocycles. The topological polar surface area (TPSA) is 55.1 Å². The monoisotopic (exact) mass is 292 g/mol. The van der Waals surface area contributed by atoms with Crippen LogP contribution in [0.15, 0.2) is 30.3 Å². The molecule has 0 saturated carbocycles. The van der Waals surface area contributed by atoms with Gasteiger partial charge in [-0.3, -0.25) is 4.79 Å². The van der Waals surface area contributed by atoms with Gasteiger partial charge < -0.3 is 11.1 Å². The Bertz CT molecular complexity index is 638. The predicted molar refractivity (Wildman–Crippen MR) is 79.0 cm³/mol. The van der Waals surface area contributed by atoms with E-state index in [-0.39, 0.29) is 6.04 Å². The molecule has 0 spiro atoms. The van der Waals surface area contributed by atoms with Crippen LogP contribution in [-0.4, -0.2) is 5.91 Å². The van der Waals surface area contributed by atoms with E-state index in [0.717, 1.165) is 22.9 Å². The summed E-state index contributed by atoms with van der Waals surface area (Å²) in [5, 5.41) is 3.45. The quantitative estimate of drug-likeness (QED) is 0.908.